The van der Waals surface area contributed by atoms with Crippen LogP contribution in [0.4, 0.5) is 10.6 Å². The Kier molecular flexibility index (Phi) is 5.42. The van der Waals surface area contributed by atoms with E-state index in [1.807, 2.05) is 18.2 Å². The number of urea groups is 1. The lowest BCUT2D eigenvalue weighted by Crippen LogP contribution is -2.22. The monoisotopic (exact) mass is 365 g/mol. The number of H-pyrrole nitrogens is 1. The number of hydrogen-bond donors (Lipinski definition) is 5. The van der Waals surface area contributed by atoms with Gasteiger partial charge in [-0.3, -0.25) is 10.1 Å². The fraction of sp³-hybridized carbons (Fsp3) is 0.200. The van der Waals surface area contributed by atoms with Gasteiger partial charge in [-0.2, -0.15) is 0 Å². The van der Waals surface area contributed by atoms with Crippen LogP contribution in [0.3, 0.4) is 0 Å². The van der Waals surface area contributed by atoms with Crippen LogP contribution in [-0.4, -0.2) is 23.5 Å². The molecule has 0 saturated carbocycles. The number of carbonyl (C=O) groups is 2. The maximum atomic E-state index is 11.8. The molecule has 0 aliphatic rings. The van der Waals surface area contributed by atoms with Gasteiger partial charge in [0.2, 0.25) is 0 Å². The molecule has 2 aromatic carbocycles. The summed E-state index contributed by atoms with van der Waals surface area (Å²) >= 11 is 0. The van der Waals surface area contributed by atoms with Gasteiger partial charge in [0.25, 0.3) is 5.91 Å². The molecule has 0 radical (unpaired) electrons. The van der Waals surface area contributed by atoms with Crippen LogP contribution >= 0.6 is 0 Å². The van der Waals surface area contributed by atoms with Gasteiger partial charge in [-0.05, 0) is 35.7 Å². The molecule has 140 valence electrons. The summed E-state index contributed by atoms with van der Waals surface area (Å²) in [7, 11) is 0. The summed E-state index contributed by atoms with van der Waals surface area (Å²) in [5.74, 6) is -0.429. The van der Waals surface area contributed by atoms with Gasteiger partial charge in [-0.25, -0.2) is 4.79 Å². The van der Waals surface area contributed by atoms with E-state index in [0.717, 1.165) is 30.6 Å². The fourth-order valence-corrected chi connectivity index (χ4v) is 3.07. The van der Waals surface area contributed by atoms with Gasteiger partial charge < -0.3 is 21.8 Å². The van der Waals surface area contributed by atoms with Gasteiger partial charge in [0.05, 0.1) is 5.56 Å². The molecule has 3 rings (SSSR count). The number of amides is 3. The predicted octanol–water partition coefficient (Wildman–Crippen LogP) is 2.92. The van der Waals surface area contributed by atoms with E-state index in [0.29, 0.717) is 10.9 Å². The summed E-state index contributed by atoms with van der Waals surface area (Å²) in [5, 5.41) is 6.42. The van der Waals surface area contributed by atoms with Crippen molar-refractivity contribution in [1.82, 2.24) is 10.3 Å². The van der Waals surface area contributed by atoms with Gasteiger partial charge in [0, 0.05) is 17.4 Å². The normalized spacial score (nSPS) is 10.9. The molecule has 1 heterocycles. The van der Waals surface area contributed by atoms with Gasteiger partial charge in [0.15, 0.2) is 0 Å². The Morgan fingerprint density at radius 3 is 2.37 bits per heavy atom. The number of primary amides is 2. The summed E-state index contributed by atoms with van der Waals surface area (Å²) in [5.41, 5.74) is 14.8. The lowest BCUT2D eigenvalue weighted by atomic mass is 10.0. The maximum Gasteiger partial charge on any atom is 0.317 e. The van der Waals surface area contributed by atoms with Crippen molar-refractivity contribution in [1.29, 1.82) is 0 Å². The van der Waals surface area contributed by atoms with E-state index >= 15 is 0 Å². The van der Waals surface area contributed by atoms with Gasteiger partial charge in [-0.15, -0.1) is 0 Å². The lowest BCUT2D eigenvalue weighted by molar-refractivity contribution is 0.100. The van der Waals surface area contributed by atoms with Crippen molar-refractivity contribution in [3.8, 4) is 11.1 Å². The van der Waals surface area contributed by atoms with Crippen LogP contribution in [0.2, 0.25) is 0 Å². The molecule has 0 unspecified atom stereocenters. The van der Waals surface area contributed by atoms with Crippen molar-refractivity contribution < 1.29 is 9.59 Å². The number of nitrogens with one attached hydrogen (secondary N) is 3. The second-order valence-corrected chi connectivity index (χ2v) is 6.36. The van der Waals surface area contributed by atoms with Crippen molar-refractivity contribution in [2.45, 2.75) is 19.9 Å². The third kappa shape index (κ3) is 4.09. The highest BCUT2D eigenvalue weighted by molar-refractivity contribution is 6.13. The number of aromatic amines is 1. The summed E-state index contributed by atoms with van der Waals surface area (Å²) in [6.45, 7) is 3.98. The Morgan fingerprint density at radius 2 is 1.74 bits per heavy atom. The van der Waals surface area contributed by atoms with Crippen LogP contribution in [0.1, 0.15) is 29.3 Å². The topological polar surface area (TPSA) is 126 Å². The van der Waals surface area contributed by atoms with Crippen molar-refractivity contribution in [3.05, 3.63) is 53.6 Å². The Bertz CT molecular complexity index is 976. The Morgan fingerprint density at radius 1 is 1.04 bits per heavy atom. The molecular formula is C20H23N5O2. The average molecular weight is 365 g/mol. The minimum absolute atomic E-state index is 0.208. The number of carbonyl (C=O) groups excluding carboxylic acids is 2. The molecule has 0 aliphatic heterocycles. The van der Waals surface area contributed by atoms with E-state index in [4.69, 9.17) is 11.5 Å². The van der Waals surface area contributed by atoms with Gasteiger partial charge in [-0.1, -0.05) is 43.3 Å². The van der Waals surface area contributed by atoms with Crippen LogP contribution in [0.5, 0.6) is 0 Å². The van der Waals surface area contributed by atoms with E-state index in [1.165, 1.54) is 5.56 Å². The number of nitrogens with two attached hydrogens (primary N) is 2. The SMILES string of the molecule is CCCNCc1ccc(-c2ccc3c(C(N)=O)c(NC(N)=O)[nH]c3c2)cc1. The molecule has 0 spiro atoms. The zero-order valence-electron chi connectivity index (χ0n) is 15.1. The zero-order valence-corrected chi connectivity index (χ0v) is 15.1. The number of benzene rings is 2. The predicted molar refractivity (Wildman–Crippen MR) is 107 cm³/mol. The summed E-state index contributed by atoms with van der Waals surface area (Å²) in [6.07, 6.45) is 1.11. The molecule has 0 atom stereocenters. The second kappa shape index (κ2) is 7.92. The van der Waals surface area contributed by atoms with Crippen molar-refractivity contribution in [2.24, 2.45) is 11.5 Å². The largest absolute Gasteiger partial charge is 0.365 e. The van der Waals surface area contributed by atoms with Gasteiger partial charge in [0.1, 0.15) is 5.82 Å². The standard InChI is InChI=1S/C20H23N5O2/c1-2-9-23-11-12-3-5-13(6-4-12)14-7-8-15-16(10-14)24-19(25-20(22)27)17(15)18(21)26/h3-8,10,23-24H,2,9,11H2,1H3,(H2,21,26)(H3,22,25,27). The van der Waals surface area contributed by atoms with E-state index in [1.54, 1.807) is 0 Å². The molecule has 0 aliphatic carbocycles. The Labute approximate surface area is 157 Å². The summed E-state index contributed by atoms with van der Waals surface area (Å²) in [6, 6.07) is 13.2. The number of aromatic nitrogens is 1. The molecule has 0 fully saturated rings. The molecular weight excluding hydrogens is 342 g/mol. The molecule has 3 aromatic rings. The van der Waals surface area contributed by atoms with Crippen molar-refractivity contribution >= 4 is 28.7 Å². The number of hydrogen-bond acceptors (Lipinski definition) is 3. The third-order valence-electron chi connectivity index (χ3n) is 4.34. The highest BCUT2D eigenvalue weighted by Gasteiger charge is 2.17. The maximum absolute atomic E-state index is 11.8. The smallest absolute Gasteiger partial charge is 0.317 e. The van der Waals surface area contributed by atoms with Crippen LogP contribution in [0.25, 0.3) is 22.0 Å². The molecule has 1 aromatic heterocycles. The third-order valence-corrected chi connectivity index (χ3v) is 4.34. The van der Waals surface area contributed by atoms with Crippen LogP contribution in [0, 0.1) is 0 Å². The quantitative estimate of drug-likeness (QED) is 0.413. The summed E-state index contributed by atoms with van der Waals surface area (Å²) < 4.78 is 0. The first-order valence-electron chi connectivity index (χ1n) is 8.81. The summed E-state index contributed by atoms with van der Waals surface area (Å²) in [4.78, 5) is 26.0. The first-order chi connectivity index (χ1) is 13.0. The van der Waals surface area contributed by atoms with E-state index in [9.17, 15) is 9.59 Å². The average Bonchev–Trinajstić information content (AvgIpc) is 2.98. The molecule has 7 N–H and O–H groups in total. The van der Waals surface area contributed by atoms with Crippen molar-refractivity contribution in [2.75, 3.05) is 11.9 Å². The molecule has 0 saturated heterocycles. The molecule has 7 heteroatoms. The van der Waals surface area contributed by atoms with Crippen LogP contribution < -0.4 is 22.1 Å². The fourth-order valence-electron chi connectivity index (χ4n) is 3.07. The lowest BCUT2D eigenvalue weighted by Gasteiger charge is -2.06. The number of anilines is 1. The van der Waals surface area contributed by atoms with E-state index in [-0.39, 0.29) is 11.4 Å². The first kappa shape index (κ1) is 18.5. The molecule has 27 heavy (non-hydrogen) atoms. The number of fused-ring (bicyclic) bond motifs is 1. The first-order valence-corrected chi connectivity index (χ1v) is 8.81. The molecule has 7 nitrogen and oxygen atoms in total. The minimum atomic E-state index is -0.767. The highest BCUT2D eigenvalue weighted by atomic mass is 16.2. The molecule has 3 amide bonds. The van der Waals surface area contributed by atoms with E-state index in [2.05, 4.69) is 46.8 Å². The molecule has 0 bridgehead atoms. The van der Waals surface area contributed by atoms with Crippen molar-refractivity contribution in [3.63, 3.8) is 0 Å². The Balaban J connectivity index is 1.92. The van der Waals surface area contributed by atoms with Crippen LogP contribution in [0.15, 0.2) is 42.5 Å². The second-order valence-electron chi connectivity index (χ2n) is 6.36. The highest BCUT2D eigenvalue weighted by Crippen LogP contribution is 2.30. The van der Waals surface area contributed by atoms with Gasteiger partial charge >= 0.3 is 6.03 Å². The zero-order chi connectivity index (χ0) is 19.4. The Hall–Kier alpha value is -3.32. The van der Waals surface area contributed by atoms with E-state index < -0.39 is 11.9 Å². The minimum Gasteiger partial charge on any atom is -0.365 e. The number of rotatable bonds is 7. The van der Waals surface area contributed by atoms with Crippen LogP contribution in [-0.2, 0) is 6.54 Å².